The Morgan fingerprint density at radius 2 is 2.00 bits per heavy atom. The summed E-state index contributed by atoms with van der Waals surface area (Å²) in [5.74, 6) is 0.639. The van der Waals surface area contributed by atoms with Crippen LogP contribution in [0, 0.1) is 6.92 Å². The Kier molecular flexibility index (Phi) is 7.03. The molecular weight excluding hydrogens is 276 g/mol. The molecule has 1 rings (SSSR count). The third-order valence-corrected chi connectivity index (χ3v) is 2.51. The number of nitrogens with two attached hydrogens (primary N) is 1. The lowest BCUT2D eigenvalue weighted by atomic mass is 10.1. The van der Waals surface area contributed by atoms with Crippen molar-refractivity contribution in [1.82, 2.24) is 5.32 Å². The molecule has 3 N–H and O–H groups in total. The first kappa shape index (κ1) is 18.7. The maximum Gasteiger partial charge on any atom is 0.236 e. The zero-order valence-corrected chi connectivity index (χ0v) is 13.6. The fourth-order valence-electron chi connectivity index (χ4n) is 1.58. The number of hydrogen-bond donors (Lipinski definition) is 2. The molecule has 0 saturated carbocycles. The quantitative estimate of drug-likeness (QED) is 0.898. The Morgan fingerprint density at radius 1 is 1.40 bits per heavy atom. The molecule has 0 aliphatic heterocycles. The molecule has 0 radical (unpaired) electrons. The van der Waals surface area contributed by atoms with Crippen molar-refractivity contribution in [2.45, 2.75) is 52.8 Å². The normalized spacial score (nSPS) is 12.3. The van der Waals surface area contributed by atoms with Crippen LogP contribution in [-0.4, -0.2) is 17.6 Å². The first-order valence-electron chi connectivity index (χ1n) is 6.51. The molecule has 0 aromatic heterocycles. The molecule has 0 spiro atoms. The van der Waals surface area contributed by atoms with Crippen molar-refractivity contribution in [3.63, 3.8) is 0 Å². The molecule has 0 unspecified atom stereocenters. The molecule has 20 heavy (non-hydrogen) atoms. The van der Waals surface area contributed by atoms with Crippen LogP contribution in [0.4, 0.5) is 0 Å². The molecule has 4 nitrogen and oxygen atoms in total. The predicted molar refractivity (Wildman–Crippen MR) is 84.3 cm³/mol. The van der Waals surface area contributed by atoms with Crippen molar-refractivity contribution in [1.29, 1.82) is 0 Å². The highest BCUT2D eigenvalue weighted by Gasteiger charge is 2.15. The lowest BCUT2D eigenvalue weighted by Gasteiger charge is -2.24. The van der Waals surface area contributed by atoms with Gasteiger partial charge in [-0.2, -0.15) is 0 Å². The van der Waals surface area contributed by atoms with Gasteiger partial charge in [0.25, 0.3) is 0 Å². The lowest BCUT2D eigenvalue weighted by molar-refractivity contribution is -0.122. The van der Waals surface area contributed by atoms with Crippen molar-refractivity contribution >= 4 is 18.3 Å². The largest absolute Gasteiger partial charge is 0.488 e. The van der Waals surface area contributed by atoms with E-state index in [0.717, 1.165) is 16.9 Å². The van der Waals surface area contributed by atoms with Crippen molar-refractivity contribution in [3.05, 3.63) is 29.3 Å². The summed E-state index contributed by atoms with van der Waals surface area (Å²) in [7, 11) is 0. The SMILES string of the molecule is Cc1ccc(CNC(=O)[C@@H](C)N)c(OC(C)(C)C)c1.Cl. The van der Waals surface area contributed by atoms with Crippen LogP contribution in [0.1, 0.15) is 38.8 Å². The van der Waals surface area contributed by atoms with Gasteiger partial charge in [0.05, 0.1) is 6.04 Å². The van der Waals surface area contributed by atoms with Gasteiger partial charge in [-0.3, -0.25) is 4.79 Å². The molecule has 1 atom stereocenters. The van der Waals surface area contributed by atoms with Crippen molar-refractivity contribution in [2.75, 3.05) is 0 Å². The van der Waals surface area contributed by atoms with E-state index in [1.165, 1.54) is 0 Å². The molecule has 0 aliphatic carbocycles. The van der Waals surface area contributed by atoms with Crippen LogP contribution in [0.3, 0.4) is 0 Å². The van der Waals surface area contributed by atoms with Crippen LogP contribution in [0.15, 0.2) is 18.2 Å². The predicted octanol–water partition coefficient (Wildman–Crippen LogP) is 2.56. The molecule has 114 valence electrons. The monoisotopic (exact) mass is 300 g/mol. The Hall–Kier alpha value is -1.26. The number of nitrogens with one attached hydrogen (secondary N) is 1. The second-order valence-corrected chi connectivity index (χ2v) is 5.83. The second kappa shape index (κ2) is 7.50. The van der Waals surface area contributed by atoms with Gasteiger partial charge in [-0.05, 0) is 46.2 Å². The Bertz CT molecular complexity index is 454. The minimum atomic E-state index is -0.502. The number of rotatable bonds is 4. The summed E-state index contributed by atoms with van der Waals surface area (Å²) >= 11 is 0. The van der Waals surface area contributed by atoms with Gasteiger partial charge < -0.3 is 15.8 Å². The summed E-state index contributed by atoms with van der Waals surface area (Å²) < 4.78 is 5.92. The smallest absolute Gasteiger partial charge is 0.236 e. The van der Waals surface area contributed by atoms with Crippen LogP contribution in [0.25, 0.3) is 0 Å². The number of ether oxygens (including phenoxy) is 1. The van der Waals surface area contributed by atoms with Gasteiger partial charge >= 0.3 is 0 Å². The highest BCUT2D eigenvalue weighted by molar-refractivity contribution is 5.85. The van der Waals surface area contributed by atoms with Gasteiger partial charge in [-0.15, -0.1) is 12.4 Å². The zero-order chi connectivity index (χ0) is 14.6. The molecular formula is C15H25ClN2O2. The topological polar surface area (TPSA) is 64.4 Å². The van der Waals surface area contributed by atoms with Crippen LogP contribution < -0.4 is 15.8 Å². The third kappa shape index (κ3) is 6.26. The van der Waals surface area contributed by atoms with Crippen molar-refractivity contribution in [3.8, 4) is 5.75 Å². The summed E-state index contributed by atoms with van der Waals surface area (Å²) in [6, 6.07) is 5.46. The molecule has 1 aromatic rings. The van der Waals surface area contributed by atoms with Crippen LogP contribution >= 0.6 is 12.4 Å². The minimum Gasteiger partial charge on any atom is -0.488 e. The van der Waals surface area contributed by atoms with E-state index >= 15 is 0 Å². The molecule has 0 saturated heterocycles. The number of halogens is 1. The Balaban J connectivity index is 0.00000361. The highest BCUT2D eigenvalue weighted by atomic mass is 35.5. The first-order valence-corrected chi connectivity index (χ1v) is 6.51. The van der Waals surface area contributed by atoms with Gasteiger partial charge in [0.2, 0.25) is 5.91 Å². The number of aryl methyl sites for hydroxylation is 1. The van der Waals surface area contributed by atoms with E-state index in [-0.39, 0.29) is 23.9 Å². The van der Waals surface area contributed by atoms with Gasteiger partial charge in [0.15, 0.2) is 0 Å². The molecule has 0 fully saturated rings. The second-order valence-electron chi connectivity index (χ2n) is 5.83. The maximum absolute atomic E-state index is 11.5. The molecule has 0 heterocycles. The summed E-state index contributed by atoms with van der Waals surface area (Å²) in [6.07, 6.45) is 0. The molecule has 0 bridgehead atoms. The number of amides is 1. The van der Waals surface area contributed by atoms with E-state index in [1.807, 2.05) is 45.9 Å². The average molecular weight is 301 g/mol. The van der Waals surface area contributed by atoms with Crippen molar-refractivity contribution in [2.24, 2.45) is 5.73 Å². The van der Waals surface area contributed by atoms with Crippen molar-refractivity contribution < 1.29 is 9.53 Å². The van der Waals surface area contributed by atoms with E-state index in [9.17, 15) is 4.79 Å². The van der Waals surface area contributed by atoms with Crippen LogP contribution in [0.5, 0.6) is 5.75 Å². The van der Waals surface area contributed by atoms with Gasteiger partial charge in [-0.1, -0.05) is 12.1 Å². The van der Waals surface area contributed by atoms with Gasteiger partial charge in [-0.25, -0.2) is 0 Å². The first-order chi connectivity index (χ1) is 8.69. The summed E-state index contributed by atoms with van der Waals surface area (Å²) in [5, 5.41) is 2.80. The van der Waals surface area contributed by atoms with Crippen LogP contribution in [0.2, 0.25) is 0 Å². The van der Waals surface area contributed by atoms with E-state index in [2.05, 4.69) is 5.32 Å². The van der Waals surface area contributed by atoms with E-state index in [4.69, 9.17) is 10.5 Å². The highest BCUT2D eigenvalue weighted by Crippen LogP contribution is 2.24. The number of hydrogen-bond acceptors (Lipinski definition) is 3. The van der Waals surface area contributed by atoms with Gasteiger partial charge in [0, 0.05) is 12.1 Å². The fraction of sp³-hybridized carbons (Fsp3) is 0.533. The Morgan fingerprint density at radius 3 is 2.50 bits per heavy atom. The molecule has 5 heteroatoms. The molecule has 1 aromatic carbocycles. The number of carbonyl (C=O) groups excluding carboxylic acids is 1. The van der Waals surface area contributed by atoms with Gasteiger partial charge in [0.1, 0.15) is 11.4 Å². The maximum atomic E-state index is 11.5. The third-order valence-electron chi connectivity index (χ3n) is 2.51. The van der Waals surface area contributed by atoms with E-state index in [1.54, 1.807) is 6.92 Å². The summed E-state index contributed by atoms with van der Waals surface area (Å²) in [6.45, 7) is 10.1. The molecule has 0 aliphatic rings. The zero-order valence-electron chi connectivity index (χ0n) is 12.8. The Labute approximate surface area is 127 Å². The number of carbonyl (C=O) groups is 1. The molecule has 1 amide bonds. The van der Waals surface area contributed by atoms with Crippen LogP contribution in [-0.2, 0) is 11.3 Å². The van der Waals surface area contributed by atoms with E-state index in [0.29, 0.717) is 6.54 Å². The lowest BCUT2D eigenvalue weighted by Crippen LogP contribution is -2.38. The summed E-state index contributed by atoms with van der Waals surface area (Å²) in [5.41, 5.74) is 7.33. The minimum absolute atomic E-state index is 0. The number of benzene rings is 1. The summed E-state index contributed by atoms with van der Waals surface area (Å²) in [4.78, 5) is 11.5. The average Bonchev–Trinajstić information content (AvgIpc) is 2.25. The fourth-order valence-corrected chi connectivity index (χ4v) is 1.58. The van der Waals surface area contributed by atoms with E-state index < -0.39 is 6.04 Å². The standard InChI is InChI=1S/C15H24N2O2.ClH/c1-10-6-7-12(9-17-14(18)11(2)16)13(8-10)19-15(3,4)5;/h6-8,11H,9,16H2,1-5H3,(H,17,18);1H/t11-;/m1./s1.